The second-order valence-electron chi connectivity index (χ2n) is 8.78. The number of benzene rings is 1. The van der Waals surface area contributed by atoms with Gasteiger partial charge in [0.05, 0.1) is 25.2 Å². The molecule has 0 fully saturated rings. The number of rotatable bonds is 18. The lowest BCUT2D eigenvalue weighted by atomic mass is 10.0. The lowest BCUT2D eigenvalue weighted by Gasteiger charge is -2.22. The summed E-state index contributed by atoms with van der Waals surface area (Å²) in [6, 6.07) is 9.67. The number of ketones is 1. The highest BCUT2D eigenvalue weighted by Gasteiger charge is 2.24. The summed E-state index contributed by atoms with van der Waals surface area (Å²) >= 11 is 0. The molecule has 1 rings (SSSR count). The Morgan fingerprint density at radius 1 is 0.879 bits per heavy atom. The van der Waals surface area contributed by atoms with Crippen LogP contribution in [-0.2, 0) is 35.1 Å². The molecule has 0 aliphatic carbocycles. The van der Waals surface area contributed by atoms with Crippen molar-refractivity contribution in [1.82, 2.24) is 0 Å². The number of carbonyl (C=O) groups excluding carboxylic acids is 2. The van der Waals surface area contributed by atoms with Gasteiger partial charge < -0.3 is 24.1 Å². The first-order valence-corrected chi connectivity index (χ1v) is 12.0. The Hall–Kier alpha value is -1.80. The van der Waals surface area contributed by atoms with Gasteiger partial charge in [-0.15, -0.1) is 0 Å². The van der Waals surface area contributed by atoms with E-state index in [4.69, 9.17) is 18.9 Å². The number of unbranched alkanes of at least 4 members (excludes halogenated alkanes) is 2. The molecule has 0 bridgehead atoms. The second-order valence-corrected chi connectivity index (χ2v) is 8.78. The van der Waals surface area contributed by atoms with Gasteiger partial charge in [0.2, 0.25) is 0 Å². The maximum absolute atomic E-state index is 12.5. The van der Waals surface area contributed by atoms with Crippen LogP contribution in [0.25, 0.3) is 0 Å². The smallest absolute Gasteiger partial charge is 0.311 e. The van der Waals surface area contributed by atoms with E-state index in [1.165, 1.54) is 6.92 Å². The maximum atomic E-state index is 12.5. The third-order valence-corrected chi connectivity index (χ3v) is 5.43. The van der Waals surface area contributed by atoms with Gasteiger partial charge in [0.15, 0.2) is 6.29 Å². The Balaban J connectivity index is 2.34. The van der Waals surface area contributed by atoms with Crippen molar-refractivity contribution in [2.24, 2.45) is 11.8 Å². The van der Waals surface area contributed by atoms with Crippen molar-refractivity contribution in [1.29, 1.82) is 0 Å². The number of esters is 1. The van der Waals surface area contributed by atoms with E-state index < -0.39 is 18.3 Å². The minimum absolute atomic E-state index is 0.0271. The maximum Gasteiger partial charge on any atom is 0.311 e. The zero-order chi connectivity index (χ0) is 24.6. The topological polar surface area (TPSA) is 91.3 Å². The van der Waals surface area contributed by atoms with E-state index in [1.807, 2.05) is 51.1 Å². The Bertz CT molecular complexity index is 660. The molecule has 0 saturated heterocycles. The largest absolute Gasteiger partial charge is 0.463 e. The Morgan fingerprint density at radius 3 is 2.21 bits per heavy atom. The van der Waals surface area contributed by atoms with Gasteiger partial charge in [0, 0.05) is 18.9 Å². The standard InChI is InChI=1S/C26H42O7/c1-19(2)25(28)14-10-7-11-15-30-21(4)20(3)26(29)33-18-24(17-31-22(5)27)32-16-23-12-8-6-9-13-23/h6,8-9,12-13,19-22,24,27H,7,10-11,14-18H2,1-5H3. The number of hydrogen-bond donors (Lipinski definition) is 1. The molecule has 0 heterocycles. The van der Waals surface area contributed by atoms with Crippen LogP contribution in [-0.4, -0.2) is 55.2 Å². The molecule has 1 aromatic rings. The van der Waals surface area contributed by atoms with Crippen LogP contribution in [0.5, 0.6) is 0 Å². The van der Waals surface area contributed by atoms with Crippen LogP contribution in [0.1, 0.15) is 65.9 Å². The van der Waals surface area contributed by atoms with Crippen LogP contribution < -0.4 is 0 Å². The molecular weight excluding hydrogens is 424 g/mol. The molecule has 0 aliphatic heterocycles. The van der Waals surface area contributed by atoms with Gasteiger partial charge in [0.25, 0.3) is 0 Å². The highest BCUT2D eigenvalue weighted by Crippen LogP contribution is 2.13. The van der Waals surface area contributed by atoms with E-state index in [0.717, 1.165) is 24.8 Å². The van der Waals surface area contributed by atoms with Gasteiger partial charge >= 0.3 is 5.97 Å². The van der Waals surface area contributed by atoms with Crippen molar-refractivity contribution in [2.75, 3.05) is 19.8 Å². The average Bonchev–Trinajstić information content (AvgIpc) is 2.80. The van der Waals surface area contributed by atoms with Crippen molar-refractivity contribution < 1.29 is 33.6 Å². The number of carbonyl (C=O) groups is 2. The molecule has 7 nitrogen and oxygen atoms in total. The predicted molar refractivity (Wildman–Crippen MR) is 127 cm³/mol. The van der Waals surface area contributed by atoms with E-state index in [1.54, 1.807) is 6.92 Å². The summed E-state index contributed by atoms with van der Waals surface area (Å²) in [4.78, 5) is 24.1. The minimum atomic E-state index is -0.931. The molecule has 0 radical (unpaired) electrons. The Labute approximate surface area is 198 Å². The van der Waals surface area contributed by atoms with Crippen LogP contribution in [0, 0.1) is 11.8 Å². The normalized spacial score (nSPS) is 15.1. The molecule has 7 heteroatoms. The summed E-state index contributed by atoms with van der Waals surface area (Å²) in [7, 11) is 0. The molecule has 33 heavy (non-hydrogen) atoms. The molecule has 0 saturated carbocycles. The molecule has 1 N–H and O–H groups in total. The van der Waals surface area contributed by atoms with Crippen molar-refractivity contribution in [3.05, 3.63) is 35.9 Å². The number of hydrogen-bond acceptors (Lipinski definition) is 7. The molecule has 0 aromatic heterocycles. The first kappa shape index (κ1) is 29.2. The Morgan fingerprint density at radius 2 is 1.58 bits per heavy atom. The first-order chi connectivity index (χ1) is 15.7. The highest BCUT2D eigenvalue weighted by atomic mass is 16.6. The van der Waals surface area contributed by atoms with E-state index in [-0.39, 0.29) is 31.2 Å². The zero-order valence-corrected chi connectivity index (χ0v) is 20.8. The lowest BCUT2D eigenvalue weighted by molar-refractivity contribution is -0.164. The van der Waals surface area contributed by atoms with Crippen molar-refractivity contribution in [3.8, 4) is 0 Å². The molecular formula is C26H42O7. The highest BCUT2D eigenvalue weighted by molar-refractivity contribution is 5.80. The average molecular weight is 467 g/mol. The van der Waals surface area contributed by atoms with Crippen molar-refractivity contribution in [2.45, 2.75) is 85.4 Å². The molecule has 0 amide bonds. The molecule has 0 aliphatic rings. The third-order valence-electron chi connectivity index (χ3n) is 5.43. The third kappa shape index (κ3) is 13.5. The molecule has 188 valence electrons. The fourth-order valence-electron chi connectivity index (χ4n) is 2.96. The molecule has 0 spiro atoms. The van der Waals surface area contributed by atoms with E-state index in [2.05, 4.69) is 0 Å². The summed E-state index contributed by atoms with van der Waals surface area (Å²) in [6.45, 7) is 10.0. The SMILES string of the molecule is CC(O)OCC(COC(=O)C(C)C(C)OCCCCCC(=O)C(C)C)OCc1ccccc1. The summed E-state index contributed by atoms with van der Waals surface area (Å²) in [5, 5.41) is 9.39. The van der Waals surface area contributed by atoms with Gasteiger partial charge in [-0.2, -0.15) is 0 Å². The van der Waals surface area contributed by atoms with E-state index >= 15 is 0 Å². The number of aliphatic hydroxyl groups is 1. The lowest BCUT2D eigenvalue weighted by Crippen LogP contribution is -2.33. The number of Topliss-reactive ketones (excluding diaryl/α,β-unsaturated/α-hetero) is 1. The van der Waals surface area contributed by atoms with E-state index in [0.29, 0.717) is 25.4 Å². The fraction of sp³-hybridized carbons (Fsp3) is 0.692. The summed E-state index contributed by atoms with van der Waals surface area (Å²) in [6.07, 6.45) is 1.54. The second kappa shape index (κ2) is 16.8. The predicted octanol–water partition coefficient (Wildman–Crippen LogP) is 4.30. The Kier molecular flexibility index (Phi) is 14.8. The van der Waals surface area contributed by atoms with Crippen molar-refractivity contribution in [3.63, 3.8) is 0 Å². The number of aliphatic hydroxyl groups excluding tert-OH is 1. The summed E-state index contributed by atoms with van der Waals surface area (Å²) < 4.78 is 22.3. The zero-order valence-electron chi connectivity index (χ0n) is 20.8. The van der Waals surface area contributed by atoms with Crippen LogP contribution in [0.2, 0.25) is 0 Å². The van der Waals surface area contributed by atoms with Crippen LogP contribution in [0.3, 0.4) is 0 Å². The van der Waals surface area contributed by atoms with Gasteiger partial charge in [-0.25, -0.2) is 0 Å². The van der Waals surface area contributed by atoms with Gasteiger partial charge in [0.1, 0.15) is 18.5 Å². The van der Waals surface area contributed by atoms with Gasteiger partial charge in [-0.05, 0) is 39.2 Å². The van der Waals surface area contributed by atoms with Crippen LogP contribution >= 0.6 is 0 Å². The molecule has 4 unspecified atom stereocenters. The molecule has 1 aromatic carbocycles. The number of ether oxygens (including phenoxy) is 4. The molecule has 4 atom stereocenters. The minimum Gasteiger partial charge on any atom is -0.463 e. The summed E-state index contributed by atoms with van der Waals surface area (Å²) in [5.74, 6) is -0.406. The van der Waals surface area contributed by atoms with Crippen LogP contribution in [0.4, 0.5) is 0 Å². The van der Waals surface area contributed by atoms with Gasteiger partial charge in [-0.3, -0.25) is 9.59 Å². The van der Waals surface area contributed by atoms with E-state index in [9.17, 15) is 14.7 Å². The van der Waals surface area contributed by atoms with Gasteiger partial charge in [-0.1, -0.05) is 50.6 Å². The fourth-order valence-corrected chi connectivity index (χ4v) is 2.96. The first-order valence-electron chi connectivity index (χ1n) is 12.0. The van der Waals surface area contributed by atoms with Crippen LogP contribution in [0.15, 0.2) is 30.3 Å². The quantitative estimate of drug-likeness (QED) is 0.196. The summed E-state index contributed by atoms with van der Waals surface area (Å²) in [5.41, 5.74) is 0.995. The monoisotopic (exact) mass is 466 g/mol. The van der Waals surface area contributed by atoms with Crippen molar-refractivity contribution >= 4 is 11.8 Å².